The lowest BCUT2D eigenvalue weighted by molar-refractivity contribution is -0.122. The van der Waals surface area contributed by atoms with Crippen molar-refractivity contribution in [2.24, 2.45) is 0 Å². The second-order valence-electron chi connectivity index (χ2n) is 6.87. The zero-order valence-electron chi connectivity index (χ0n) is 15.4. The third-order valence-electron chi connectivity index (χ3n) is 4.84. The SMILES string of the molecule is C[C@H](C(=O)N[C@@H]1CCCc2ccccc21)N(c1cccc(F)c1)S(C)(=O)=O. The molecule has 0 radical (unpaired) electrons. The van der Waals surface area contributed by atoms with Crippen molar-refractivity contribution in [2.75, 3.05) is 10.6 Å². The standard InChI is InChI=1S/C20H23FN2O3S/c1-14(23(27(2,25)26)17-10-6-9-16(21)13-17)20(24)22-19-12-5-8-15-7-3-4-11-18(15)19/h3-4,6-7,9-11,13-14,19H,5,8,12H2,1-2H3,(H,22,24)/t14-,19-/m1/s1. The van der Waals surface area contributed by atoms with Crippen LogP contribution in [0.25, 0.3) is 0 Å². The van der Waals surface area contributed by atoms with Crippen molar-refractivity contribution in [1.29, 1.82) is 0 Å². The highest BCUT2D eigenvalue weighted by Gasteiger charge is 2.31. The van der Waals surface area contributed by atoms with E-state index in [1.165, 1.54) is 30.7 Å². The molecule has 2 atom stereocenters. The fraction of sp³-hybridized carbons (Fsp3) is 0.350. The number of nitrogens with zero attached hydrogens (tertiary/aromatic N) is 1. The molecule has 27 heavy (non-hydrogen) atoms. The molecule has 1 aliphatic rings. The molecule has 2 aromatic carbocycles. The number of amides is 1. The van der Waals surface area contributed by atoms with Gasteiger partial charge in [-0.3, -0.25) is 9.10 Å². The van der Waals surface area contributed by atoms with Crippen LogP contribution in [0.1, 0.15) is 36.9 Å². The Morgan fingerprint density at radius 1 is 1.22 bits per heavy atom. The summed E-state index contributed by atoms with van der Waals surface area (Å²) in [5, 5.41) is 2.97. The van der Waals surface area contributed by atoms with Gasteiger partial charge in [-0.2, -0.15) is 0 Å². The highest BCUT2D eigenvalue weighted by atomic mass is 32.2. The van der Waals surface area contributed by atoms with Crippen LogP contribution in [0.4, 0.5) is 10.1 Å². The molecule has 0 aromatic heterocycles. The minimum atomic E-state index is -3.77. The van der Waals surface area contributed by atoms with Crippen LogP contribution in [0.3, 0.4) is 0 Å². The number of fused-ring (bicyclic) bond motifs is 1. The van der Waals surface area contributed by atoms with E-state index in [1.807, 2.05) is 24.3 Å². The Labute approximate surface area is 159 Å². The molecule has 0 heterocycles. The Balaban J connectivity index is 1.85. The number of carbonyl (C=O) groups excluding carboxylic acids is 1. The average Bonchev–Trinajstić information content (AvgIpc) is 2.61. The monoisotopic (exact) mass is 390 g/mol. The number of halogens is 1. The molecule has 0 aliphatic heterocycles. The van der Waals surface area contributed by atoms with E-state index in [1.54, 1.807) is 0 Å². The van der Waals surface area contributed by atoms with Gasteiger partial charge in [0.1, 0.15) is 11.9 Å². The lowest BCUT2D eigenvalue weighted by Gasteiger charge is -2.31. The van der Waals surface area contributed by atoms with Crippen molar-refractivity contribution in [3.05, 3.63) is 65.5 Å². The molecule has 0 fully saturated rings. The number of benzene rings is 2. The van der Waals surface area contributed by atoms with Gasteiger partial charge < -0.3 is 5.32 Å². The van der Waals surface area contributed by atoms with Crippen LogP contribution >= 0.6 is 0 Å². The van der Waals surface area contributed by atoms with Crippen LogP contribution < -0.4 is 9.62 Å². The van der Waals surface area contributed by atoms with Gasteiger partial charge in [0, 0.05) is 0 Å². The Hall–Kier alpha value is -2.41. The van der Waals surface area contributed by atoms with Gasteiger partial charge >= 0.3 is 0 Å². The van der Waals surface area contributed by atoms with Gasteiger partial charge in [-0.05, 0) is 55.5 Å². The van der Waals surface area contributed by atoms with Crippen LogP contribution in [-0.2, 0) is 21.2 Å². The van der Waals surface area contributed by atoms with Gasteiger partial charge in [-0.1, -0.05) is 30.3 Å². The first-order chi connectivity index (χ1) is 12.8. The lowest BCUT2D eigenvalue weighted by Crippen LogP contribution is -2.49. The third kappa shape index (κ3) is 4.30. The molecule has 0 spiro atoms. The van der Waals surface area contributed by atoms with E-state index < -0.39 is 27.8 Å². The van der Waals surface area contributed by atoms with E-state index in [2.05, 4.69) is 5.32 Å². The van der Waals surface area contributed by atoms with Gasteiger partial charge in [0.25, 0.3) is 0 Å². The predicted octanol–water partition coefficient (Wildman–Crippen LogP) is 3.17. The molecule has 0 bridgehead atoms. The van der Waals surface area contributed by atoms with E-state index in [9.17, 15) is 17.6 Å². The van der Waals surface area contributed by atoms with Crippen molar-refractivity contribution >= 4 is 21.6 Å². The van der Waals surface area contributed by atoms with Gasteiger partial charge in [0.05, 0.1) is 18.0 Å². The van der Waals surface area contributed by atoms with Crippen molar-refractivity contribution in [3.63, 3.8) is 0 Å². The molecule has 0 unspecified atom stereocenters. The van der Waals surface area contributed by atoms with Crippen LogP contribution in [0.15, 0.2) is 48.5 Å². The molecule has 0 saturated carbocycles. The first kappa shape index (κ1) is 19.4. The summed E-state index contributed by atoms with van der Waals surface area (Å²) in [6.45, 7) is 1.51. The van der Waals surface area contributed by atoms with E-state index in [0.29, 0.717) is 0 Å². The zero-order chi connectivity index (χ0) is 19.6. The van der Waals surface area contributed by atoms with E-state index in [-0.39, 0.29) is 11.7 Å². The summed E-state index contributed by atoms with van der Waals surface area (Å²) >= 11 is 0. The molecule has 5 nitrogen and oxygen atoms in total. The number of aryl methyl sites for hydroxylation is 1. The second-order valence-corrected chi connectivity index (χ2v) is 8.73. The molecule has 7 heteroatoms. The number of nitrogens with one attached hydrogen (secondary N) is 1. The van der Waals surface area contributed by atoms with Crippen molar-refractivity contribution in [2.45, 2.75) is 38.3 Å². The number of carbonyl (C=O) groups is 1. The van der Waals surface area contributed by atoms with E-state index in [4.69, 9.17) is 0 Å². The first-order valence-electron chi connectivity index (χ1n) is 8.90. The Bertz CT molecular complexity index is 946. The molecule has 1 N–H and O–H groups in total. The summed E-state index contributed by atoms with van der Waals surface area (Å²) in [6.07, 6.45) is 3.73. The Kier molecular flexibility index (Phi) is 5.51. The van der Waals surface area contributed by atoms with E-state index >= 15 is 0 Å². The maximum Gasteiger partial charge on any atom is 0.244 e. The normalized spacial score (nSPS) is 17.7. The molecular weight excluding hydrogens is 367 g/mol. The number of anilines is 1. The fourth-order valence-electron chi connectivity index (χ4n) is 3.62. The first-order valence-corrected chi connectivity index (χ1v) is 10.8. The summed E-state index contributed by atoms with van der Waals surface area (Å²) in [7, 11) is -3.77. The summed E-state index contributed by atoms with van der Waals surface area (Å²) in [5.41, 5.74) is 2.40. The molecule has 2 aromatic rings. The van der Waals surface area contributed by atoms with Crippen LogP contribution in [-0.4, -0.2) is 26.6 Å². The lowest BCUT2D eigenvalue weighted by atomic mass is 9.87. The Morgan fingerprint density at radius 2 is 1.96 bits per heavy atom. The molecule has 1 aliphatic carbocycles. The summed E-state index contributed by atoms with van der Waals surface area (Å²) in [4.78, 5) is 12.9. The maximum atomic E-state index is 13.6. The third-order valence-corrected chi connectivity index (χ3v) is 6.08. The molecule has 144 valence electrons. The van der Waals surface area contributed by atoms with Gasteiger partial charge in [-0.25, -0.2) is 12.8 Å². The minimum Gasteiger partial charge on any atom is -0.347 e. The number of hydrogen-bond donors (Lipinski definition) is 1. The quantitative estimate of drug-likeness (QED) is 0.853. The van der Waals surface area contributed by atoms with Crippen molar-refractivity contribution in [3.8, 4) is 0 Å². The minimum absolute atomic E-state index is 0.129. The van der Waals surface area contributed by atoms with Gasteiger partial charge in [0.2, 0.25) is 15.9 Å². The zero-order valence-corrected chi connectivity index (χ0v) is 16.2. The summed E-state index contributed by atoms with van der Waals surface area (Å²) < 4.78 is 39.2. The van der Waals surface area contributed by atoms with Crippen LogP contribution in [0.2, 0.25) is 0 Å². The number of hydrogen-bond acceptors (Lipinski definition) is 3. The van der Waals surface area contributed by atoms with Crippen molar-refractivity contribution < 1.29 is 17.6 Å². The predicted molar refractivity (Wildman–Crippen MR) is 103 cm³/mol. The van der Waals surface area contributed by atoms with E-state index in [0.717, 1.165) is 41.5 Å². The maximum absolute atomic E-state index is 13.6. The highest BCUT2D eigenvalue weighted by molar-refractivity contribution is 7.92. The van der Waals surface area contributed by atoms with Gasteiger partial charge in [-0.15, -0.1) is 0 Å². The fourth-order valence-corrected chi connectivity index (χ4v) is 4.78. The number of sulfonamides is 1. The molecule has 0 saturated heterocycles. The molecular formula is C20H23FN2O3S. The molecule has 1 amide bonds. The Morgan fingerprint density at radius 3 is 2.67 bits per heavy atom. The summed E-state index contributed by atoms with van der Waals surface area (Å²) in [6, 6.07) is 12.0. The topological polar surface area (TPSA) is 66.5 Å². The average molecular weight is 390 g/mol. The molecule has 3 rings (SSSR count). The van der Waals surface area contributed by atoms with Gasteiger partial charge in [0.15, 0.2) is 0 Å². The largest absolute Gasteiger partial charge is 0.347 e. The smallest absolute Gasteiger partial charge is 0.244 e. The highest BCUT2D eigenvalue weighted by Crippen LogP contribution is 2.30. The van der Waals surface area contributed by atoms with Crippen molar-refractivity contribution in [1.82, 2.24) is 5.32 Å². The van der Waals surface area contributed by atoms with Crippen LogP contribution in [0, 0.1) is 5.82 Å². The summed E-state index contributed by atoms with van der Waals surface area (Å²) in [5.74, 6) is -0.971. The second kappa shape index (κ2) is 7.68. The number of rotatable bonds is 5. The van der Waals surface area contributed by atoms with Crippen LogP contribution in [0.5, 0.6) is 0 Å².